The smallest absolute Gasteiger partial charge is 0.273 e. The molecule has 3 aromatic rings. The minimum Gasteiger partial charge on any atom is -0.368 e. The van der Waals surface area contributed by atoms with Crippen molar-refractivity contribution in [1.82, 2.24) is 20.5 Å². The zero-order chi connectivity index (χ0) is 23.3. The van der Waals surface area contributed by atoms with E-state index < -0.39 is 25.2 Å². The van der Waals surface area contributed by atoms with Crippen molar-refractivity contribution in [2.45, 2.75) is 6.50 Å². The Hall–Kier alpha value is -3.55. The van der Waals surface area contributed by atoms with Crippen molar-refractivity contribution in [1.29, 1.82) is 0 Å². The Bertz CT molecular complexity index is 1220. The Kier molecular flexibility index (Phi) is 2.94. The number of carbonyl (C=O) groups is 1. The molecule has 0 fully saturated rings. The summed E-state index contributed by atoms with van der Waals surface area (Å²) in [5, 5.41) is 12.3. The van der Waals surface area contributed by atoms with Gasteiger partial charge in [0, 0.05) is 35.8 Å². The molecule has 2 aromatic heterocycles. The molecule has 7 nitrogen and oxygen atoms in total. The highest BCUT2D eigenvalue weighted by Gasteiger charge is 2.24. The van der Waals surface area contributed by atoms with E-state index in [0.29, 0.717) is 22.6 Å². The fourth-order valence-electron chi connectivity index (χ4n) is 2.98. The molecule has 8 heteroatoms. The van der Waals surface area contributed by atoms with E-state index in [9.17, 15) is 9.18 Å². The predicted molar refractivity (Wildman–Crippen MR) is 100 cm³/mol. The summed E-state index contributed by atoms with van der Waals surface area (Å²) < 4.78 is 52.6. The summed E-state index contributed by atoms with van der Waals surface area (Å²) in [5.41, 5.74) is 1.68. The molecule has 0 saturated carbocycles. The molecule has 27 heavy (non-hydrogen) atoms. The van der Waals surface area contributed by atoms with Gasteiger partial charge in [-0.2, -0.15) is 5.10 Å². The molecule has 0 saturated heterocycles. The van der Waals surface area contributed by atoms with E-state index in [1.165, 1.54) is 24.2 Å². The third-order valence-electron chi connectivity index (χ3n) is 4.09. The van der Waals surface area contributed by atoms with Crippen LogP contribution in [0.4, 0.5) is 21.5 Å². The lowest BCUT2D eigenvalue weighted by molar-refractivity contribution is 0.0958. The summed E-state index contributed by atoms with van der Waals surface area (Å²) in [6.07, 6.45) is 2.35. The van der Waals surface area contributed by atoms with Crippen LogP contribution in [-0.2, 0) is 6.50 Å². The molecule has 136 valence electrons. The molecular weight excluding hydrogens is 347 g/mol. The molecule has 0 atom stereocenters. The summed E-state index contributed by atoms with van der Waals surface area (Å²) in [6, 6.07) is 7.64. The minimum absolute atomic E-state index is 0.0907. The van der Waals surface area contributed by atoms with Gasteiger partial charge in [0.1, 0.15) is 5.82 Å². The quantitative estimate of drug-likeness (QED) is 0.739. The van der Waals surface area contributed by atoms with Gasteiger partial charge in [-0.1, -0.05) is 12.1 Å². The Morgan fingerprint density at radius 3 is 3.11 bits per heavy atom. The van der Waals surface area contributed by atoms with Crippen LogP contribution in [0.2, 0.25) is 0 Å². The normalized spacial score (nSPS) is 17.3. The summed E-state index contributed by atoms with van der Waals surface area (Å²) in [7, 11) is 1.52. The van der Waals surface area contributed by atoms with Crippen molar-refractivity contribution in [3.63, 3.8) is 0 Å². The zero-order valence-corrected chi connectivity index (χ0v) is 14.1. The number of amides is 1. The average molecular weight is 369 g/mol. The van der Waals surface area contributed by atoms with Gasteiger partial charge < -0.3 is 15.5 Å². The molecular formula is C19H17FN6O. The van der Waals surface area contributed by atoms with Crippen molar-refractivity contribution in [2.24, 2.45) is 0 Å². The molecule has 2 N–H and O–H groups in total. The van der Waals surface area contributed by atoms with Gasteiger partial charge in [0.25, 0.3) is 5.91 Å². The lowest BCUT2D eigenvalue weighted by atomic mass is 9.97. The highest BCUT2D eigenvalue weighted by Crippen LogP contribution is 2.42. The highest BCUT2D eigenvalue weighted by atomic mass is 19.1. The minimum atomic E-state index is -2.71. The zero-order valence-electron chi connectivity index (χ0n) is 19.1. The monoisotopic (exact) mass is 369 g/mol. The number of carbonyl (C=O) groups excluding carboxylic acids is 1. The number of anilines is 3. The molecule has 1 aliphatic heterocycles. The average Bonchev–Trinajstić information content (AvgIpc) is 2.71. The van der Waals surface area contributed by atoms with Crippen LogP contribution in [-0.4, -0.2) is 35.1 Å². The number of para-hydroxylation sites is 1. The maximum Gasteiger partial charge on any atom is 0.273 e. The van der Waals surface area contributed by atoms with Gasteiger partial charge in [-0.05, 0) is 18.2 Å². The number of nitrogens with zero attached hydrogens (tertiary/aromatic N) is 4. The van der Waals surface area contributed by atoms with Gasteiger partial charge in [0.05, 0.1) is 37.9 Å². The molecule has 0 aliphatic carbocycles. The van der Waals surface area contributed by atoms with Crippen molar-refractivity contribution < 1.29 is 16.0 Å². The van der Waals surface area contributed by atoms with Crippen molar-refractivity contribution in [2.75, 3.05) is 24.2 Å². The summed E-state index contributed by atoms with van der Waals surface area (Å²) >= 11 is 0. The molecule has 4 rings (SSSR count). The molecule has 3 heterocycles. The Labute approximate surface area is 162 Å². The van der Waals surface area contributed by atoms with Gasteiger partial charge in [0.15, 0.2) is 5.69 Å². The van der Waals surface area contributed by atoms with Gasteiger partial charge in [0.2, 0.25) is 0 Å². The van der Waals surface area contributed by atoms with E-state index in [4.69, 9.17) is 6.85 Å². The third kappa shape index (κ3) is 2.95. The first-order valence-electron chi connectivity index (χ1n) is 10.4. The predicted octanol–water partition coefficient (Wildman–Crippen LogP) is 2.73. The van der Waals surface area contributed by atoms with E-state index in [-0.39, 0.29) is 16.9 Å². The Balaban J connectivity index is 1.81. The second-order valence-electron chi connectivity index (χ2n) is 5.79. The second-order valence-corrected chi connectivity index (χ2v) is 5.79. The van der Waals surface area contributed by atoms with E-state index >= 15 is 0 Å². The first-order chi connectivity index (χ1) is 15.0. The standard InChI is InChI=1S/C19H17FN6O/c1-21-19(27)17-14(6-7-23-25-17)24-15-5-3-4-13-16-11(8-12(20)9-22-16)10-26(2)18(13)15/h3-9H,10H2,1-2H3,(H,21,27)(H,23,24)/i1D3,10D2. The van der Waals surface area contributed by atoms with E-state index in [2.05, 4.69) is 20.5 Å². The van der Waals surface area contributed by atoms with Crippen molar-refractivity contribution in [3.8, 4) is 11.3 Å². The third-order valence-corrected chi connectivity index (χ3v) is 4.09. The molecule has 0 radical (unpaired) electrons. The lowest BCUT2D eigenvalue weighted by Gasteiger charge is -2.31. The van der Waals surface area contributed by atoms with Crippen LogP contribution in [0.5, 0.6) is 0 Å². The summed E-state index contributed by atoms with van der Waals surface area (Å²) in [5.74, 6) is -1.59. The number of nitrogens with one attached hydrogen (secondary N) is 2. The SMILES string of the molecule is [2H]C([2H])([2H])NC(=O)c1nnccc1Nc1cccc2c1N(C)C([2H])([2H])c1cc(F)cnc1-2. The van der Waals surface area contributed by atoms with Gasteiger partial charge in [-0.15, -0.1) is 5.10 Å². The number of halogens is 1. The van der Waals surface area contributed by atoms with Crippen LogP contribution in [0.3, 0.4) is 0 Å². The van der Waals surface area contributed by atoms with Gasteiger partial charge >= 0.3 is 0 Å². The highest BCUT2D eigenvalue weighted by molar-refractivity contribution is 5.99. The van der Waals surface area contributed by atoms with Crippen molar-refractivity contribution >= 4 is 23.0 Å². The van der Waals surface area contributed by atoms with E-state index in [1.54, 1.807) is 18.2 Å². The first kappa shape index (κ1) is 11.9. The summed E-state index contributed by atoms with van der Waals surface area (Å²) in [6.45, 7) is -4.79. The second kappa shape index (κ2) is 6.64. The number of hydrogen-bond acceptors (Lipinski definition) is 6. The number of aromatic nitrogens is 3. The molecule has 0 bridgehead atoms. The number of hydrogen-bond donors (Lipinski definition) is 2. The molecule has 0 unspecified atom stereocenters. The maximum atomic E-state index is 13.8. The largest absolute Gasteiger partial charge is 0.368 e. The van der Waals surface area contributed by atoms with Crippen molar-refractivity contribution in [3.05, 3.63) is 59.8 Å². The van der Waals surface area contributed by atoms with Crippen LogP contribution in [0.25, 0.3) is 11.3 Å². The molecule has 1 amide bonds. The van der Waals surface area contributed by atoms with Crippen LogP contribution >= 0.6 is 0 Å². The molecule has 1 aliphatic rings. The summed E-state index contributed by atoms with van der Waals surface area (Å²) in [4.78, 5) is 17.8. The maximum absolute atomic E-state index is 13.8. The first-order valence-corrected chi connectivity index (χ1v) is 7.93. The fourth-order valence-corrected chi connectivity index (χ4v) is 2.98. The van der Waals surface area contributed by atoms with Crippen LogP contribution in [0.15, 0.2) is 42.7 Å². The number of rotatable bonds is 3. The number of fused-ring (bicyclic) bond motifs is 3. The lowest BCUT2D eigenvalue weighted by Crippen LogP contribution is -2.24. The van der Waals surface area contributed by atoms with Crippen LogP contribution in [0.1, 0.15) is 22.9 Å². The Morgan fingerprint density at radius 1 is 1.37 bits per heavy atom. The van der Waals surface area contributed by atoms with Gasteiger partial charge in [-0.25, -0.2) is 4.39 Å². The molecule has 1 aromatic carbocycles. The number of benzene rings is 1. The molecule has 0 spiro atoms. The number of pyridine rings is 1. The van der Waals surface area contributed by atoms with E-state index in [1.807, 2.05) is 5.32 Å². The van der Waals surface area contributed by atoms with Gasteiger partial charge in [-0.3, -0.25) is 9.78 Å². The van der Waals surface area contributed by atoms with Crippen LogP contribution in [0, 0.1) is 5.82 Å². The van der Waals surface area contributed by atoms with E-state index in [0.717, 1.165) is 12.3 Å². The fraction of sp³-hybridized carbons (Fsp3) is 0.158. The Morgan fingerprint density at radius 2 is 2.26 bits per heavy atom. The topological polar surface area (TPSA) is 83.0 Å². The van der Waals surface area contributed by atoms with Crippen LogP contribution < -0.4 is 15.5 Å².